The molecule has 1 saturated carbocycles. The average Bonchev–Trinajstić information content (AvgIpc) is 3.03. The second-order valence-corrected chi connectivity index (χ2v) is 9.27. The third-order valence-electron chi connectivity index (χ3n) is 6.83. The molecule has 1 aromatic rings. The van der Waals surface area contributed by atoms with E-state index >= 15 is 0 Å². The van der Waals surface area contributed by atoms with Crippen LogP contribution in [0.3, 0.4) is 0 Å². The predicted molar refractivity (Wildman–Crippen MR) is 89.3 cm³/mol. The van der Waals surface area contributed by atoms with Crippen LogP contribution in [-0.2, 0) is 6.42 Å². The second kappa shape index (κ2) is 4.35. The summed E-state index contributed by atoms with van der Waals surface area (Å²) < 4.78 is 0. The van der Waals surface area contributed by atoms with Crippen LogP contribution in [0.15, 0.2) is 24.3 Å². The molecule has 1 heterocycles. The van der Waals surface area contributed by atoms with Gasteiger partial charge in [-0.15, -0.1) is 8.58 Å². The first-order valence-corrected chi connectivity index (χ1v) is 9.76. The van der Waals surface area contributed by atoms with Crippen LogP contribution in [0.1, 0.15) is 43.2 Å². The van der Waals surface area contributed by atoms with E-state index in [1.54, 1.807) is 5.57 Å². The van der Waals surface area contributed by atoms with E-state index in [9.17, 15) is 5.11 Å². The summed E-state index contributed by atoms with van der Waals surface area (Å²) >= 11 is 0. The van der Waals surface area contributed by atoms with Crippen LogP contribution in [-0.4, -0.2) is 16.4 Å². The molecule has 2 heteroatoms. The molecule has 4 aliphatic rings. The summed E-state index contributed by atoms with van der Waals surface area (Å²) in [5, 5.41) is 10.4. The maximum absolute atomic E-state index is 9.74. The Kier molecular flexibility index (Phi) is 2.63. The molecule has 110 valence electrons. The van der Waals surface area contributed by atoms with Crippen molar-refractivity contribution >= 4 is 14.2 Å². The van der Waals surface area contributed by atoms with Gasteiger partial charge in [0.1, 0.15) is 5.75 Å². The van der Waals surface area contributed by atoms with E-state index < -0.39 is 0 Å². The van der Waals surface area contributed by atoms with Gasteiger partial charge in [-0.3, -0.25) is 0 Å². The molecule has 1 aromatic carbocycles. The van der Waals surface area contributed by atoms with Gasteiger partial charge in [0.05, 0.1) is 0 Å². The van der Waals surface area contributed by atoms with E-state index in [4.69, 9.17) is 0 Å². The molecule has 5 rings (SSSR count). The van der Waals surface area contributed by atoms with Crippen LogP contribution < -0.4 is 0 Å². The molecule has 0 radical (unpaired) electrons. The quantitative estimate of drug-likeness (QED) is 0.695. The third-order valence-corrected chi connectivity index (χ3v) is 9.01. The maximum atomic E-state index is 9.74. The van der Waals surface area contributed by atoms with E-state index in [0.29, 0.717) is 10.9 Å². The molecule has 1 N–H and O–H groups in total. The van der Waals surface area contributed by atoms with Crippen LogP contribution in [0.25, 0.3) is 5.57 Å². The van der Waals surface area contributed by atoms with Crippen molar-refractivity contribution < 1.29 is 5.11 Å². The van der Waals surface area contributed by atoms with Crippen LogP contribution in [0, 0.1) is 17.8 Å². The highest BCUT2D eigenvalue weighted by atomic mass is 31.1. The number of hydrogen-bond acceptors (Lipinski definition) is 1. The number of phenolic OH excluding ortho intramolecular Hbond substituents is 1. The third kappa shape index (κ3) is 1.62. The van der Waals surface area contributed by atoms with Gasteiger partial charge in [0.25, 0.3) is 0 Å². The first-order chi connectivity index (χ1) is 10.3. The molecule has 1 spiro atoms. The highest BCUT2D eigenvalue weighted by Crippen LogP contribution is 2.67. The molecule has 1 nitrogen and oxygen atoms in total. The Balaban J connectivity index is 1.61. The topological polar surface area (TPSA) is 20.2 Å². The Morgan fingerprint density at radius 2 is 2.10 bits per heavy atom. The Morgan fingerprint density at radius 3 is 3.05 bits per heavy atom. The highest BCUT2D eigenvalue weighted by molar-refractivity contribution is 7.40. The van der Waals surface area contributed by atoms with Crippen molar-refractivity contribution in [1.82, 2.24) is 0 Å². The van der Waals surface area contributed by atoms with Gasteiger partial charge < -0.3 is 5.11 Å². The van der Waals surface area contributed by atoms with Crippen LogP contribution in [0.4, 0.5) is 0 Å². The summed E-state index contributed by atoms with van der Waals surface area (Å²) in [6.07, 6.45) is 12.4. The number of benzene rings is 1. The number of hydrogen-bond donors (Lipinski definition) is 1. The number of allylic oxidation sites excluding steroid dienone is 2. The predicted octanol–water partition coefficient (Wildman–Crippen LogP) is 4.59. The van der Waals surface area contributed by atoms with E-state index in [0.717, 1.165) is 24.2 Å². The number of rotatable bonds is 0. The molecule has 0 amide bonds. The number of phenols is 1. The fourth-order valence-corrected chi connectivity index (χ4v) is 8.39. The molecule has 4 unspecified atom stereocenters. The molecule has 0 aromatic heterocycles. The molecule has 1 saturated heterocycles. The largest absolute Gasteiger partial charge is 0.508 e. The van der Waals surface area contributed by atoms with Gasteiger partial charge in [0, 0.05) is 0 Å². The van der Waals surface area contributed by atoms with Gasteiger partial charge in [-0.05, 0) is 96.4 Å². The SMILES string of the molecule is Oc1ccc2c(c1)CCC1C2=CC[C@@]23PCCC2CCC13. The summed E-state index contributed by atoms with van der Waals surface area (Å²) in [7, 11) is 1.22. The molecule has 5 atom stereocenters. The zero-order valence-corrected chi connectivity index (χ0v) is 13.4. The van der Waals surface area contributed by atoms with Crippen LogP contribution in [0.2, 0.25) is 0 Å². The summed E-state index contributed by atoms with van der Waals surface area (Å²) in [6.45, 7) is 0. The van der Waals surface area contributed by atoms with Crippen molar-refractivity contribution in [2.45, 2.75) is 43.7 Å². The lowest BCUT2D eigenvalue weighted by Crippen LogP contribution is -2.40. The Morgan fingerprint density at radius 1 is 1.14 bits per heavy atom. The standard InChI is InChI=1S/C19H23OP/c20-14-3-5-15-12(11-14)1-4-17-16(15)7-9-19-13(8-10-21-19)2-6-18(17)19/h3,5,7,11,13,17-18,20-21H,1-2,4,6,8-10H2/t13?,17?,18?,19-/m1/s1. The molecule has 3 aliphatic carbocycles. The van der Waals surface area contributed by atoms with Gasteiger partial charge in [-0.25, -0.2) is 0 Å². The molecule has 2 fully saturated rings. The number of aromatic hydroxyl groups is 1. The van der Waals surface area contributed by atoms with Crippen molar-refractivity contribution in [2.75, 3.05) is 6.16 Å². The van der Waals surface area contributed by atoms with Gasteiger partial charge in [0.15, 0.2) is 0 Å². The molecular formula is C19H23OP. The fraction of sp³-hybridized carbons (Fsp3) is 0.579. The van der Waals surface area contributed by atoms with Crippen molar-refractivity contribution in [2.24, 2.45) is 17.8 Å². The summed E-state index contributed by atoms with van der Waals surface area (Å²) in [6, 6.07) is 6.04. The van der Waals surface area contributed by atoms with Gasteiger partial charge in [-0.1, -0.05) is 12.1 Å². The van der Waals surface area contributed by atoms with Crippen LogP contribution in [0.5, 0.6) is 5.75 Å². The Labute approximate surface area is 128 Å². The number of aryl methyl sites for hydroxylation is 1. The lowest BCUT2D eigenvalue weighted by atomic mass is 9.64. The van der Waals surface area contributed by atoms with Gasteiger partial charge in [-0.2, -0.15) is 0 Å². The Bertz CT molecular complexity index is 634. The van der Waals surface area contributed by atoms with Crippen molar-refractivity contribution in [1.29, 1.82) is 0 Å². The normalized spacial score (nSPS) is 41.1. The minimum absolute atomic E-state index is 0.429. The Hall–Kier alpha value is -0.810. The van der Waals surface area contributed by atoms with E-state index in [-0.39, 0.29) is 0 Å². The summed E-state index contributed by atoms with van der Waals surface area (Å²) in [5.74, 6) is 3.25. The minimum Gasteiger partial charge on any atom is -0.508 e. The monoisotopic (exact) mass is 298 g/mol. The molecule has 21 heavy (non-hydrogen) atoms. The van der Waals surface area contributed by atoms with Gasteiger partial charge >= 0.3 is 0 Å². The lowest BCUT2D eigenvalue weighted by Gasteiger charge is -2.46. The first-order valence-electron chi connectivity index (χ1n) is 8.55. The van der Waals surface area contributed by atoms with E-state index in [2.05, 4.69) is 12.1 Å². The zero-order chi connectivity index (χ0) is 14.0. The smallest absolute Gasteiger partial charge is 0.115 e. The van der Waals surface area contributed by atoms with Crippen molar-refractivity contribution in [3.05, 3.63) is 35.4 Å². The van der Waals surface area contributed by atoms with Crippen molar-refractivity contribution in [3.8, 4) is 5.75 Å². The molecule has 0 bridgehead atoms. The molecular weight excluding hydrogens is 275 g/mol. The van der Waals surface area contributed by atoms with E-state index in [1.165, 1.54) is 58.0 Å². The minimum atomic E-state index is 0.429. The second-order valence-electron chi connectivity index (χ2n) is 7.49. The maximum Gasteiger partial charge on any atom is 0.115 e. The van der Waals surface area contributed by atoms with E-state index in [1.807, 2.05) is 12.1 Å². The highest BCUT2D eigenvalue weighted by Gasteiger charge is 2.56. The van der Waals surface area contributed by atoms with Crippen molar-refractivity contribution in [3.63, 3.8) is 0 Å². The first kappa shape index (κ1) is 12.7. The summed E-state index contributed by atoms with van der Waals surface area (Å²) in [4.78, 5) is 0. The average molecular weight is 298 g/mol. The van der Waals surface area contributed by atoms with Gasteiger partial charge in [0.2, 0.25) is 0 Å². The molecule has 1 aliphatic heterocycles. The zero-order valence-electron chi connectivity index (χ0n) is 12.4. The number of fused-ring (bicyclic) bond motifs is 4. The fourth-order valence-electron chi connectivity index (χ4n) is 6.00. The summed E-state index contributed by atoms with van der Waals surface area (Å²) in [5.41, 5.74) is 4.45. The lowest BCUT2D eigenvalue weighted by molar-refractivity contribution is 0.282. The van der Waals surface area contributed by atoms with Crippen LogP contribution >= 0.6 is 8.58 Å².